The summed E-state index contributed by atoms with van der Waals surface area (Å²) in [6, 6.07) is 3.88. The highest BCUT2D eigenvalue weighted by atomic mass is 19.2. The lowest BCUT2D eigenvalue weighted by atomic mass is 10.0. The van der Waals surface area contributed by atoms with Crippen LogP contribution in [0.5, 0.6) is 0 Å². The number of halogens is 2. The van der Waals surface area contributed by atoms with Crippen LogP contribution in [0.3, 0.4) is 0 Å². The van der Waals surface area contributed by atoms with Crippen LogP contribution >= 0.6 is 0 Å². The number of hydrogen-bond acceptors (Lipinski definition) is 1. The molecule has 0 saturated carbocycles. The van der Waals surface area contributed by atoms with Gasteiger partial charge in [-0.05, 0) is 42.5 Å². The molecule has 1 nitrogen and oxygen atoms in total. The lowest BCUT2D eigenvalue weighted by Gasteiger charge is -2.07. The predicted octanol–water partition coefficient (Wildman–Crippen LogP) is 3.28. The Balaban J connectivity index is 2.31. The summed E-state index contributed by atoms with van der Waals surface area (Å²) in [4.78, 5) is 0. The lowest BCUT2D eigenvalue weighted by molar-refractivity contribution is 0.211. The largest absolute Gasteiger partial charge is 0.389 e. The monoisotopic (exact) mass is 224 g/mol. The van der Waals surface area contributed by atoms with Crippen LogP contribution in [0.2, 0.25) is 0 Å². The van der Waals surface area contributed by atoms with Crippen molar-refractivity contribution in [2.24, 2.45) is 0 Å². The van der Waals surface area contributed by atoms with E-state index in [9.17, 15) is 13.9 Å². The Morgan fingerprint density at radius 2 is 1.94 bits per heavy atom. The van der Waals surface area contributed by atoms with Gasteiger partial charge in [-0.25, -0.2) is 8.78 Å². The third-order valence-corrected chi connectivity index (χ3v) is 2.88. The van der Waals surface area contributed by atoms with Crippen molar-refractivity contribution in [3.63, 3.8) is 0 Å². The summed E-state index contributed by atoms with van der Waals surface area (Å²) in [5.41, 5.74) is 1.57. The molecule has 0 spiro atoms. The summed E-state index contributed by atoms with van der Waals surface area (Å²) in [6.45, 7) is 0. The second-order valence-electron chi connectivity index (χ2n) is 4.13. The van der Waals surface area contributed by atoms with E-state index in [1.54, 1.807) is 12.1 Å². The van der Waals surface area contributed by atoms with E-state index >= 15 is 0 Å². The zero-order valence-corrected chi connectivity index (χ0v) is 8.92. The maximum absolute atomic E-state index is 13.1. The molecule has 3 heteroatoms. The Labute approximate surface area is 93.4 Å². The fraction of sp³-hybridized carbons (Fsp3) is 0.385. The minimum atomic E-state index is -0.836. The Hall–Kier alpha value is -1.22. The number of rotatable bonds is 1. The Kier molecular flexibility index (Phi) is 3.34. The number of allylic oxidation sites excluding steroid dienone is 1. The van der Waals surface area contributed by atoms with Crippen molar-refractivity contribution in [2.45, 2.75) is 31.8 Å². The highest BCUT2D eigenvalue weighted by molar-refractivity contribution is 5.66. The van der Waals surface area contributed by atoms with Gasteiger partial charge in [0.2, 0.25) is 0 Å². The van der Waals surface area contributed by atoms with Gasteiger partial charge in [0.15, 0.2) is 11.6 Å². The molecule has 86 valence electrons. The molecule has 0 aromatic heterocycles. The van der Waals surface area contributed by atoms with E-state index in [-0.39, 0.29) is 0 Å². The van der Waals surface area contributed by atoms with Crippen LogP contribution in [-0.2, 0) is 0 Å². The van der Waals surface area contributed by atoms with E-state index in [1.165, 1.54) is 6.07 Å². The minimum Gasteiger partial charge on any atom is -0.389 e. The Morgan fingerprint density at radius 1 is 1.12 bits per heavy atom. The number of benzene rings is 1. The molecule has 1 aliphatic rings. The first kappa shape index (κ1) is 11.3. The SMILES string of the molecule is OC1C=C(c2ccc(F)c(F)c2)CCCC1. The minimum absolute atomic E-state index is 0.467. The molecule has 1 N–H and O–H groups in total. The van der Waals surface area contributed by atoms with Crippen molar-refractivity contribution >= 4 is 5.57 Å². The highest BCUT2D eigenvalue weighted by Crippen LogP contribution is 2.27. The molecular weight excluding hydrogens is 210 g/mol. The van der Waals surface area contributed by atoms with Crippen LogP contribution < -0.4 is 0 Å². The van der Waals surface area contributed by atoms with E-state index in [2.05, 4.69) is 0 Å². The quantitative estimate of drug-likeness (QED) is 0.776. The average molecular weight is 224 g/mol. The van der Waals surface area contributed by atoms with Gasteiger partial charge < -0.3 is 5.11 Å². The fourth-order valence-electron chi connectivity index (χ4n) is 2.00. The van der Waals surface area contributed by atoms with Gasteiger partial charge in [0.1, 0.15) is 0 Å². The molecule has 0 heterocycles. The second kappa shape index (κ2) is 4.74. The smallest absolute Gasteiger partial charge is 0.159 e. The maximum Gasteiger partial charge on any atom is 0.159 e. The van der Waals surface area contributed by atoms with E-state index in [0.717, 1.165) is 37.3 Å². The van der Waals surface area contributed by atoms with Crippen LogP contribution in [0, 0.1) is 11.6 Å². The molecule has 0 amide bonds. The van der Waals surface area contributed by atoms with E-state index in [1.807, 2.05) is 0 Å². The molecular formula is C13H14F2O. The van der Waals surface area contributed by atoms with Gasteiger partial charge in [-0.15, -0.1) is 0 Å². The summed E-state index contributed by atoms with van der Waals surface area (Å²) in [5, 5.41) is 9.60. The topological polar surface area (TPSA) is 20.2 Å². The zero-order valence-electron chi connectivity index (χ0n) is 8.92. The standard InChI is InChI=1S/C13H14F2O/c14-12-6-5-10(8-13(12)15)9-3-1-2-4-11(16)7-9/h5-8,11,16H,1-4H2. The molecule has 1 atom stereocenters. The van der Waals surface area contributed by atoms with Gasteiger partial charge in [0.25, 0.3) is 0 Å². The van der Waals surface area contributed by atoms with E-state index < -0.39 is 17.7 Å². The third kappa shape index (κ3) is 2.47. The highest BCUT2D eigenvalue weighted by Gasteiger charge is 2.12. The first-order valence-corrected chi connectivity index (χ1v) is 5.51. The summed E-state index contributed by atoms with van der Waals surface area (Å²) in [6.07, 6.45) is 4.77. The van der Waals surface area contributed by atoms with Crippen molar-refractivity contribution < 1.29 is 13.9 Å². The first-order valence-electron chi connectivity index (χ1n) is 5.51. The summed E-state index contributed by atoms with van der Waals surface area (Å²) in [7, 11) is 0. The molecule has 0 radical (unpaired) electrons. The molecule has 1 aliphatic carbocycles. The summed E-state index contributed by atoms with van der Waals surface area (Å²) >= 11 is 0. The molecule has 1 unspecified atom stereocenters. The number of aliphatic hydroxyl groups is 1. The zero-order chi connectivity index (χ0) is 11.5. The van der Waals surface area contributed by atoms with Gasteiger partial charge in [0, 0.05) is 0 Å². The molecule has 0 fully saturated rings. The molecule has 0 aliphatic heterocycles. The molecule has 0 saturated heterocycles. The van der Waals surface area contributed by atoms with Gasteiger partial charge in [-0.1, -0.05) is 18.6 Å². The van der Waals surface area contributed by atoms with Crippen LogP contribution in [0.15, 0.2) is 24.3 Å². The van der Waals surface area contributed by atoms with Crippen LogP contribution in [0.25, 0.3) is 5.57 Å². The molecule has 2 rings (SSSR count). The van der Waals surface area contributed by atoms with Crippen LogP contribution in [0.1, 0.15) is 31.2 Å². The third-order valence-electron chi connectivity index (χ3n) is 2.88. The summed E-state index contributed by atoms with van der Waals surface area (Å²) < 4.78 is 25.8. The summed E-state index contributed by atoms with van der Waals surface area (Å²) in [5.74, 6) is -1.67. The Morgan fingerprint density at radius 3 is 2.69 bits per heavy atom. The molecule has 1 aromatic carbocycles. The van der Waals surface area contributed by atoms with E-state index in [0.29, 0.717) is 5.56 Å². The van der Waals surface area contributed by atoms with Crippen molar-refractivity contribution in [1.29, 1.82) is 0 Å². The fourth-order valence-corrected chi connectivity index (χ4v) is 2.00. The van der Waals surface area contributed by atoms with Gasteiger partial charge in [0.05, 0.1) is 6.10 Å². The van der Waals surface area contributed by atoms with Crippen LogP contribution in [-0.4, -0.2) is 11.2 Å². The normalized spacial score (nSPS) is 21.4. The molecule has 1 aromatic rings. The number of hydrogen-bond donors (Lipinski definition) is 1. The van der Waals surface area contributed by atoms with Crippen molar-refractivity contribution in [3.8, 4) is 0 Å². The van der Waals surface area contributed by atoms with Crippen LogP contribution in [0.4, 0.5) is 8.78 Å². The second-order valence-corrected chi connectivity index (χ2v) is 4.13. The van der Waals surface area contributed by atoms with Crippen molar-refractivity contribution in [1.82, 2.24) is 0 Å². The molecule has 16 heavy (non-hydrogen) atoms. The number of aliphatic hydroxyl groups excluding tert-OH is 1. The Bertz CT molecular complexity index is 412. The lowest BCUT2D eigenvalue weighted by Crippen LogP contribution is -2.00. The van der Waals surface area contributed by atoms with Crippen molar-refractivity contribution in [2.75, 3.05) is 0 Å². The average Bonchev–Trinajstić information content (AvgIpc) is 2.47. The first-order chi connectivity index (χ1) is 7.66. The molecule has 0 bridgehead atoms. The van der Waals surface area contributed by atoms with Gasteiger partial charge in [-0.2, -0.15) is 0 Å². The predicted molar refractivity (Wildman–Crippen MR) is 58.8 cm³/mol. The maximum atomic E-state index is 13.1. The van der Waals surface area contributed by atoms with E-state index in [4.69, 9.17) is 0 Å². The van der Waals surface area contributed by atoms with Gasteiger partial charge in [-0.3, -0.25) is 0 Å². The van der Waals surface area contributed by atoms with Gasteiger partial charge >= 0.3 is 0 Å². The van der Waals surface area contributed by atoms with Crippen molar-refractivity contribution in [3.05, 3.63) is 41.5 Å².